The summed E-state index contributed by atoms with van der Waals surface area (Å²) in [4.78, 5) is 24.2. The molecule has 1 unspecified atom stereocenters. The number of carbonyl (C=O) groups excluding carboxylic acids is 2. The number of unbranched alkanes of at least 4 members (excludes halogenated alkanes) is 11. The SMILES string of the molecule is CCCCCCCCCCCCCCOC(=O)c1ccc(C(=O)OC(C)CCC)cc1. The van der Waals surface area contributed by atoms with Crippen molar-refractivity contribution in [3.63, 3.8) is 0 Å². The Labute approximate surface area is 190 Å². The van der Waals surface area contributed by atoms with Gasteiger partial charge in [-0.15, -0.1) is 0 Å². The van der Waals surface area contributed by atoms with Gasteiger partial charge in [0.2, 0.25) is 0 Å². The van der Waals surface area contributed by atoms with Crippen LogP contribution in [-0.2, 0) is 9.47 Å². The molecule has 0 aliphatic carbocycles. The Kier molecular flexibility index (Phi) is 15.6. The second-order valence-electron chi connectivity index (χ2n) is 8.61. The number of hydrogen-bond acceptors (Lipinski definition) is 4. The van der Waals surface area contributed by atoms with E-state index in [1.165, 1.54) is 64.2 Å². The van der Waals surface area contributed by atoms with Crippen molar-refractivity contribution in [1.29, 1.82) is 0 Å². The number of carbonyl (C=O) groups is 2. The topological polar surface area (TPSA) is 52.6 Å². The van der Waals surface area contributed by atoms with Crippen molar-refractivity contribution < 1.29 is 19.1 Å². The zero-order chi connectivity index (χ0) is 22.7. The number of ether oxygens (including phenoxy) is 2. The van der Waals surface area contributed by atoms with Gasteiger partial charge in [-0.3, -0.25) is 0 Å². The van der Waals surface area contributed by atoms with Crippen LogP contribution in [0.1, 0.15) is 131 Å². The maximum atomic E-state index is 12.2. The van der Waals surface area contributed by atoms with Crippen molar-refractivity contribution in [3.05, 3.63) is 35.4 Å². The van der Waals surface area contributed by atoms with E-state index in [4.69, 9.17) is 9.47 Å². The van der Waals surface area contributed by atoms with Crippen LogP contribution < -0.4 is 0 Å². The molecule has 31 heavy (non-hydrogen) atoms. The zero-order valence-corrected chi connectivity index (χ0v) is 20.1. The summed E-state index contributed by atoms with van der Waals surface area (Å²) in [5.74, 6) is -0.681. The predicted molar refractivity (Wildman–Crippen MR) is 128 cm³/mol. The number of esters is 2. The lowest BCUT2D eigenvalue weighted by atomic mass is 10.1. The Morgan fingerprint density at radius 2 is 1.13 bits per heavy atom. The highest BCUT2D eigenvalue weighted by atomic mass is 16.5. The van der Waals surface area contributed by atoms with Crippen LogP contribution in [0.25, 0.3) is 0 Å². The molecular formula is C27H44O4. The van der Waals surface area contributed by atoms with Gasteiger partial charge in [0.15, 0.2) is 0 Å². The average molecular weight is 433 g/mol. The molecule has 0 aromatic heterocycles. The lowest BCUT2D eigenvalue weighted by Gasteiger charge is -2.12. The molecule has 1 aromatic carbocycles. The van der Waals surface area contributed by atoms with Crippen molar-refractivity contribution in [3.8, 4) is 0 Å². The summed E-state index contributed by atoms with van der Waals surface area (Å²) < 4.78 is 10.7. The molecule has 1 atom stereocenters. The maximum absolute atomic E-state index is 12.2. The van der Waals surface area contributed by atoms with Crippen molar-refractivity contribution >= 4 is 11.9 Å². The van der Waals surface area contributed by atoms with E-state index in [0.29, 0.717) is 17.7 Å². The molecule has 4 heteroatoms. The van der Waals surface area contributed by atoms with Crippen LogP contribution >= 0.6 is 0 Å². The van der Waals surface area contributed by atoms with Crippen LogP contribution in [0.3, 0.4) is 0 Å². The van der Waals surface area contributed by atoms with Crippen LogP contribution in [0.15, 0.2) is 24.3 Å². The molecule has 0 aliphatic heterocycles. The summed E-state index contributed by atoms with van der Waals surface area (Å²) in [6, 6.07) is 6.51. The van der Waals surface area contributed by atoms with E-state index in [-0.39, 0.29) is 18.0 Å². The second kappa shape index (κ2) is 17.8. The Morgan fingerprint density at radius 3 is 1.61 bits per heavy atom. The lowest BCUT2D eigenvalue weighted by molar-refractivity contribution is 0.0322. The van der Waals surface area contributed by atoms with Gasteiger partial charge in [-0.2, -0.15) is 0 Å². The Hall–Kier alpha value is -1.84. The molecule has 0 saturated carbocycles. The van der Waals surface area contributed by atoms with E-state index in [1.54, 1.807) is 24.3 Å². The van der Waals surface area contributed by atoms with Gasteiger partial charge in [0.25, 0.3) is 0 Å². The Morgan fingerprint density at radius 1 is 0.677 bits per heavy atom. The minimum absolute atomic E-state index is 0.0994. The molecule has 0 spiro atoms. The molecule has 0 saturated heterocycles. The molecule has 0 fully saturated rings. The molecule has 0 aliphatic rings. The van der Waals surface area contributed by atoms with Crippen molar-refractivity contribution in [2.24, 2.45) is 0 Å². The molecule has 0 radical (unpaired) electrons. The smallest absolute Gasteiger partial charge is 0.338 e. The first-order chi connectivity index (χ1) is 15.1. The maximum Gasteiger partial charge on any atom is 0.338 e. The Bertz CT molecular complexity index is 594. The predicted octanol–water partition coefficient (Wildman–Crippen LogP) is 7.89. The zero-order valence-electron chi connectivity index (χ0n) is 20.1. The van der Waals surface area contributed by atoms with Crippen LogP contribution in [0, 0.1) is 0 Å². The summed E-state index contributed by atoms with van der Waals surface area (Å²) in [5.41, 5.74) is 0.928. The highest BCUT2D eigenvalue weighted by Crippen LogP contribution is 2.13. The molecule has 4 nitrogen and oxygen atoms in total. The highest BCUT2D eigenvalue weighted by molar-refractivity contribution is 5.93. The average Bonchev–Trinajstić information content (AvgIpc) is 2.77. The van der Waals surface area contributed by atoms with Crippen molar-refractivity contribution in [2.45, 2.75) is 117 Å². The van der Waals surface area contributed by atoms with Crippen molar-refractivity contribution in [1.82, 2.24) is 0 Å². The van der Waals surface area contributed by atoms with Gasteiger partial charge in [0.05, 0.1) is 23.8 Å². The minimum Gasteiger partial charge on any atom is -0.462 e. The lowest BCUT2D eigenvalue weighted by Crippen LogP contribution is -2.15. The summed E-state index contributed by atoms with van der Waals surface area (Å²) in [7, 11) is 0. The summed E-state index contributed by atoms with van der Waals surface area (Å²) in [6.07, 6.45) is 17.1. The number of hydrogen-bond donors (Lipinski definition) is 0. The quantitative estimate of drug-likeness (QED) is 0.175. The number of rotatable bonds is 18. The first-order valence-electron chi connectivity index (χ1n) is 12.6. The normalized spacial score (nSPS) is 11.8. The van der Waals surface area contributed by atoms with Crippen LogP contribution in [-0.4, -0.2) is 24.6 Å². The standard InChI is InChI=1S/C27H44O4/c1-4-6-7-8-9-10-11-12-13-14-15-16-22-30-26(28)24-18-20-25(21-19-24)27(29)31-23(3)17-5-2/h18-21,23H,4-17,22H2,1-3H3. The summed E-state index contributed by atoms with van der Waals surface area (Å²) in [6.45, 7) is 6.66. The minimum atomic E-state index is -0.350. The van der Waals surface area contributed by atoms with Gasteiger partial charge >= 0.3 is 11.9 Å². The molecular weight excluding hydrogens is 388 g/mol. The van der Waals surface area contributed by atoms with Gasteiger partial charge in [-0.25, -0.2) is 9.59 Å². The van der Waals surface area contributed by atoms with E-state index in [9.17, 15) is 9.59 Å². The van der Waals surface area contributed by atoms with Crippen molar-refractivity contribution in [2.75, 3.05) is 6.61 Å². The number of benzene rings is 1. The van der Waals surface area contributed by atoms with Crippen LogP contribution in [0.4, 0.5) is 0 Å². The molecule has 176 valence electrons. The molecule has 0 amide bonds. The van der Waals surface area contributed by atoms with Crippen LogP contribution in [0.2, 0.25) is 0 Å². The van der Waals surface area contributed by atoms with Gasteiger partial charge < -0.3 is 9.47 Å². The van der Waals surface area contributed by atoms with E-state index in [2.05, 4.69) is 13.8 Å². The second-order valence-corrected chi connectivity index (χ2v) is 8.61. The van der Waals surface area contributed by atoms with Gasteiger partial charge in [-0.1, -0.05) is 90.9 Å². The third kappa shape index (κ3) is 13.2. The Balaban J connectivity index is 2.09. The van der Waals surface area contributed by atoms with E-state index >= 15 is 0 Å². The van der Waals surface area contributed by atoms with Gasteiger partial charge in [0, 0.05) is 0 Å². The summed E-state index contributed by atoms with van der Waals surface area (Å²) in [5, 5.41) is 0. The van der Waals surface area contributed by atoms with Gasteiger partial charge in [-0.05, 0) is 44.0 Å². The van der Waals surface area contributed by atoms with Crippen LogP contribution in [0.5, 0.6) is 0 Å². The molecule has 0 N–H and O–H groups in total. The highest BCUT2D eigenvalue weighted by Gasteiger charge is 2.13. The van der Waals surface area contributed by atoms with Gasteiger partial charge in [0.1, 0.15) is 0 Å². The first-order valence-corrected chi connectivity index (χ1v) is 12.6. The first kappa shape index (κ1) is 27.2. The largest absolute Gasteiger partial charge is 0.462 e. The van der Waals surface area contributed by atoms with E-state index in [0.717, 1.165) is 25.7 Å². The molecule has 1 aromatic rings. The monoisotopic (exact) mass is 432 g/mol. The third-order valence-corrected chi connectivity index (χ3v) is 5.59. The summed E-state index contributed by atoms with van der Waals surface area (Å²) >= 11 is 0. The fourth-order valence-electron chi connectivity index (χ4n) is 3.65. The van der Waals surface area contributed by atoms with E-state index < -0.39 is 0 Å². The molecule has 0 heterocycles. The fourth-order valence-corrected chi connectivity index (χ4v) is 3.65. The third-order valence-electron chi connectivity index (χ3n) is 5.59. The molecule has 0 bridgehead atoms. The van der Waals surface area contributed by atoms with E-state index in [1.807, 2.05) is 6.92 Å². The molecule has 1 rings (SSSR count). The fraction of sp³-hybridized carbons (Fsp3) is 0.704.